The highest BCUT2D eigenvalue weighted by Crippen LogP contribution is 2.33. The van der Waals surface area contributed by atoms with Gasteiger partial charge in [-0.25, -0.2) is 4.68 Å². The average molecular weight is 444 g/mol. The molecule has 3 rings (SSSR count). The summed E-state index contributed by atoms with van der Waals surface area (Å²) in [6.45, 7) is 1.64. The molecule has 3 aromatic rings. The Morgan fingerprint density at radius 3 is 2.34 bits per heavy atom. The number of aryl methyl sites for hydroxylation is 1. The van der Waals surface area contributed by atoms with E-state index < -0.39 is 28.8 Å². The Morgan fingerprint density at radius 1 is 1.09 bits per heavy atom. The summed E-state index contributed by atoms with van der Waals surface area (Å²) in [7, 11) is 3.71. The van der Waals surface area contributed by atoms with Gasteiger partial charge in [-0.3, -0.25) is 9.59 Å². The lowest BCUT2D eigenvalue weighted by molar-refractivity contribution is -0.137. The van der Waals surface area contributed by atoms with Crippen LogP contribution in [0.25, 0.3) is 5.69 Å². The van der Waals surface area contributed by atoms with Crippen molar-refractivity contribution in [3.63, 3.8) is 0 Å². The molecule has 0 bridgehead atoms. The highest BCUT2D eigenvalue weighted by Gasteiger charge is 2.34. The fraction of sp³-hybridized carbons (Fsp3) is 0.261. The lowest BCUT2D eigenvalue weighted by atomic mass is 10.1. The van der Waals surface area contributed by atoms with Crippen LogP contribution in [-0.4, -0.2) is 41.2 Å². The van der Waals surface area contributed by atoms with Crippen LogP contribution < -0.4 is 10.7 Å². The molecule has 0 fully saturated rings. The van der Waals surface area contributed by atoms with Gasteiger partial charge in [-0.2, -0.15) is 18.3 Å². The Labute approximate surface area is 183 Å². The van der Waals surface area contributed by atoms with E-state index in [2.05, 4.69) is 10.4 Å². The number of likely N-dealkylation sites (N-methyl/N-ethyl adjacent to an activating group) is 1. The minimum absolute atomic E-state index is 0.168. The van der Waals surface area contributed by atoms with Gasteiger partial charge in [0.1, 0.15) is 0 Å². The predicted molar refractivity (Wildman–Crippen MR) is 115 cm³/mol. The minimum Gasteiger partial charge on any atom is -0.349 e. The molecule has 0 saturated heterocycles. The largest absolute Gasteiger partial charge is 0.418 e. The Kier molecular flexibility index (Phi) is 6.78. The topological polar surface area (TPSA) is 67.2 Å². The van der Waals surface area contributed by atoms with Crippen LogP contribution in [0.1, 0.15) is 33.4 Å². The molecule has 0 spiro atoms. The van der Waals surface area contributed by atoms with Crippen molar-refractivity contribution in [2.24, 2.45) is 0 Å². The summed E-state index contributed by atoms with van der Waals surface area (Å²) >= 11 is 0. The van der Waals surface area contributed by atoms with Crippen LogP contribution in [0.2, 0.25) is 0 Å². The van der Waals surface area contributed by atoms with Crippen LogP contribution in [0.15, 0.2) is 65.5 Å². The van der Waals surface area contributed by atoms with E-state index in [4.69, 9.17) is 0 Å². The maximum atomic E-state index is 13.5. The number of carbonyl (C=O) groups is 1. The monoisotopic (exact) mass is 444 g/mol. The average Bonchev–Trinajstić information content (AvgIpc) is 2.74. The van der Waals surface area contributed by atoms with Crippen molar-refractivity contribution in [3.05, 3.63) is 93.4 Å². The Bertz CT molecular complexity index is 1160. The number of benzene rings is 2. The number of nitrogens with one attached hydrogen (secondary N) is 1. The van der Waals surface area contributed by atoms with Crippen molar-refractivity contribution in [2.75, 3.05) is 20.6 Å². The second kappa shape index (κ2) is 9.35. The van der Waals surface area contributed by atoms with Crippen LogP contribution in [0.4, 0.5) is 13.2 Å². The third-order valence-electron chi connectivity index (χ3n) is 5.02. The minimum atomic E-state index is -4.62. The maximum absolute atomic E-state index is 13.5. The number of amides is 1. The molecule has 168 valence electrons. The number of halogens is 3. The van der Waals surface area contributed by atoms with Crippen molar-refractivity contribution in [1.29, 1.82) is 0 Å². The number of hydrogen-bond acceptors (Lipinski definition) is 4. The second-order valence-electron chi connectivity index (χ2n) is 7.53. The van der Waals surface area contributed by atoms with Gasteiger partial charge in [-0.1, -0.05) is 42.5 Å². The first-order valence-corrected chi connectivity index (χ1v) is 9.86. The molecule has 1 amide bonds. The normalized spacial score (nSPS) is 12.6. The van der Waals surface area contributed by atoms with Gasteiger partial charge in [0.25, 0.3) is 5.91 Å². The standard InChI is InChI=1S/C23H23F3N4O2/c1-15-13-20(31)21(28-30(15)18-12-8-7-11-17(18)23(24,25)26)22(32)27-14-19(29(2)3)16-9-5-4-6-10-16/h4-13,19H,14H2,1-3H3,(H,27,32)/t19-/m1/s1. The van der Waals surface area contributed by atoms with Gasteiger partial charge in [0.05, 0.1) is 17.3 Å². The Morgan fingerprint density at radius 2 is 1.72 bits per heavy atom. The molecular formula is C23H23F3N4O2. The lowest BCUT2D eigenvalue weighted by Crippen LogP contribution is -2.37. The van der Waals surface area contributed by atoms with Crippen LogP contribution in [-0.2, 0) is 6.18 Å². The van der Waals surface area contributed by atoms with E-state index in [9.17, 15) is 22.8 Å². The molecule has 1 atom stereocenters. The fourth-order valence-electron chi connectivity index (χ4n) is 3.39. The summed E-state index contributed by atoms with van der Waals surface area (Å²) in [5.41, 5.74) is -1.17. The van der Waals surface area contributed by atoms with E-state index in [1.165, 1.54) is 25.1 Å². The van der Waals surface area contributed by atoms with Crippen molar-refractivity contribution < 1.29 is 18.0 Å². The highest BCUT2D eigenvalue weighted by atomic mass is 19.4. The van der Waals surface area contributed by atoms with Gasteiger partial charge < -0.3 is 10.2 Å². The van der Waals surface area contributed by atoms with Gasteiger partial charge in [-0.05, 0) is 38.7 Å². The molecule has 1 heterocycles. The molecular weight excluding hydrogens is 421 g/mol. The summed E-state index contributed by atoms with van der Waals surface area (Å²) in [6, 6.07) is 15.3. The number of alkyl halides is 3. The van der Waals surface area contributed by atoms with E-state index in [1.807, 2.05) is 49.3 Å². The summed E-state index contributed by atoms with van der Waals surface area (Å²) in [5.74, 6) is -0.754. The van der Waals surface area contributed by atoms with E-state index in [0.29, 0.717) is 0 Å². The fourth-order valence-corrected chi connectivity index (χ4v) is 3.39. The molecule has 0 aliphatic carbocycles. The van der Waals surface area contributed by atoms with Crippen LogP contribution >= 0.6 is 0 Å². The van der Waals surface area contributed by atoms with Gasteiger partial charge in [-0.15, -0.1) is 0 Å². The predicted octanol–water partition coefficient (Wildman–Crippen LogP) is 3.59. The third-order valence-corrected chi connectivity index (χ3v) is 5.02. The summed E-state index contributed by atoms with van der Waals surface area (Å²) in [4.78, 5) is 27.1. The summed E-state index contributed by atoms with van der Waals surface area (Å²) < 4.78 is 41.4. The molecule has 0 unspecified atom stereocenters. The Hall–Kier alpha value is -3.46. The van der Waals surface area contributed by atoms with Crippen molar-refractivity contribution in [1.82, 2.24) is 20.0 Å². The molecule has 0 saturated carbocycles. The highest BCUT2D eigenvalue weighted by molar-refractivity contribution is 5.92. The first kappa shape index (κ1) is 23.2. The van der Waals surface area contributed by atoms with Crippen molar-refractivity contribution in [2.45, 2.75) is 19.1 Å². The van der Waals surface area contributed by atoms with E-state index in [0.717, 1.165) is 22.4 Å². The molecule has 0 aliphatic heterocycles. The van der Waals surface area contributed by atoms with Crippen LogP contribution in [0.5, 0.6) is 0 Å². The third kappa shape index (κ3) is 5.05. The lowest BCUT2D eigenvalue weighted by Gasteiger charge is -2.25. The van der Waals surface area contributed by atoms with Gasteiger partial charge in [0.15, 0.2) is 5.69 Å². The quantitative estimate of drug-likeness (QED) is 0.631. The SMILES string of the molecule is Cc1cc(=O)c(C(=O)NC[C@H](c2ccccc2)N(C)C)nn1-c1ccccc1C(F)(F)F. The number of hydrogen-bond donors (Lipinski definition) is 1. The Balaban J connectivity index is 1.93. The smallest absolute Gasteiger partial charge is 0.349 e. The maximum Gasteiger partial charge on any atom is 0.418 e. The molecule has 1 N–H and O–H groups in total. The number of carbonyl (C=O) groups excluding carboxylic acids is 1. The van der Waals surface area contributed by atoms with Crippen molar-refractivity contribution in [3.8, 4) is 5.69 Å². The number of para-hydroxylation sites is 1. The van der Waals surface area contributed by atoms with E-state index in [-0.39, 0.29) is 24.0 Å². The zero-order valence-corrected chi connectivity index (χ0v) is 17.8. The van der Waals surface area contributed by atoms with Gasteiger partial charge in [0, 0.05) is 18.3 Å². The van der Waals surface area contributed by atoms with Crippen molar-refractivity contribution >= 4 is 5.91 Å². The summed E-state index contributed by atoms with van der Waals surface area (Å²) in [6.07, 6.45) is -4.62. The molecule has 1 aromatic heterocycles. The van der Waals surface area contributed by atoms with E-state index >= 15 is 0 Å². The van der Waals surface area contributed by atoms with Crippen LogP contribution in [0.3, 0.4) is 0 Å². The first-order chi connectivity index (χ1) is 15.1. The number of rotatable bonds is 6. The van der Waals surface area contributed by atoms with Crippen LogP contribution in [0, 0.1) is 6.92 Å². The first-order valence-electron chi connectivity index (χ1n) is 9.86. The molecule has 0 radical (unpaired) electrons. The molecule has 9 heteroatoms. The van der Waals surface area contributed by atoms with E-state index in [1.54, 1.807) is 0 Å². The van der Waals surface area contributed by atoms with Gasteiger partial charge >= 0.3 is 6.18 Å². The molecule has 32 heavy (non-hydrogen) atoms. The molecule has 6 nitrogen and oxygen atoms in total. The molecule has 2 aromatic carbocycles. The summed E-state index contributed by atoms with van der Waals surface area (Å²) in [5, 5.41) is 6.67. The van der Waals surface area contributed by atoms with Gasteiger partial charge in [0.2, 0.25) is 5.43 Å². The number of nitrogens with zero attached hydrogens (tertiary/aromatic N) is 3. The number of aromatic nitrogens is 2. The zero-order chi connectivity index (χ0) is 23.5. The molecule has 0 aliphatic rings. The zero-order valence-electron chi connectivity index (χ0n) is 17.8. The second-order valence-corrected chi connectivity index (χ2v) is 7.53.